The predicted octanol–water partition coefficient (Wildman–Crippen LogP) is 3.32. The van der Waals surface area contributed by atoms with E-state index in [4.69, 9.17) is 0 Å². The van der Waals surface area contributed by atoms with Gasteiger partial charge in [-0.1, -0.05) is 6.07 Å². The van der Waals surface area contributed by atoms with Gasteiger partial charge in [-0.25, -0.2) is 17.7 Å². The maximum absolute atomic E-state index is 12.7. The van der Waals surface area contributed by atoms with E-state index < -0.39 is 15.9 Å². The second-order valence-corrected chi connectivity index (χ2v) is 9.39. The van der Waals surface area contributed by atoms with Crippen LogP contribution >= 0.6 is 11.3 Å². The van der Waals surface area contributed by atoms with Crippen LogP contribution in [0, 0.1) is 13.8 Å². The summed E-state index contributed by atoms with van der Waals surface area (Å²) in [6.07, 6.45) is 1.68. The molecule has 7 nitrogen and oxygen atoms in total. The van der Waals surface area contributed by atoms with Gasteiger partial charge in [0.15, 0.2) is 5.13 Å². The molecule has 1 N–H and O–H groups in total. The standard InChI is InChI=1S/C19H20N4O3S2/c1-12-9-14(10-17(13(12)2)28(25,26)23(3)4)18(24)22-19-21-16(11-27-19)15-7-5-6-8-20-15/h5-11H,1-4H3,(H,21,22,24). The van der Waals surface area contributed by atoms with Crippen molar-refractivity contribution in [2.75, 3.05) is 19.4 Å². The van der Waals surface area contributed by atoms with Crippen LogP contribution in [-0.4, -0.2) is 42.7 Å². The maximum Gasteiger partial charge on any atom is 0.257 e. The number of thiazole rings is 1. The van der Waals surface area contributed by atoms with Crippen molar-refractivity contribution in [2.24, 2.45) is 0 Å². The molecule has 0 fully saturated rings. The zero-order chi connectivity index (χ0) is 20.5. The molecule has 1 amide bonds. The normalized spacial score (nSPS) is 11.6. The number of sulfonamides is 1. The predicted molar refractivity (Wildman–Crippen MR) is 110 cm³/mol. The summed E-state index contributed by atoms with van der Waals surface area (Å²) in [5.41, 5.74) is 2.98. The Balaban J connectivity index is 1.90. The van der Waals surface area contributed by atoms with Crippen molar-refractivity contribution in [3.63, 3.8) is 0 Å². The Morgan fingerprint density at radius 2 is 1.89 bits per heavy atom. The lowest BCUT2D eigenvalue weighted by Gasteiger charge is -2.16. The van der Waals surface area contributed by atoms with Crippen LogP contribution in [-0.2, 0) is 10.0 Å². The molecule has 0 bridgehead atoms. The van der Waals surface area contributed by atoms with Gasteiger partial charge in [0.25, 0.3) is 5.91 Å². The number of hydrogen-bond acceptors (Lipinski definition) is 6. The third kappa shape index (κ3) is 3.96. The first-order valence-electron chi connectivity index (χ1n) is 8.42. The molecule has 146 valence electrons. The van der Waals surface area contributed by atoms with Crippen LogP contribution in [0.1, 0.15) is 21.5 Å². The molecule has 3 aromatic rings. The molecule has 1 aromatic carbocycles. The van der Waals surface area contributed by atoms with E-state index in [0.717, 1.165) is 9.87 Å². The van der Waals surface area contributed by atoms with E-state index in [1.165, 1.54) is 31.5 Å². The van der Waals surface area contributed by atoms with Gasteiger partial charge in [0.1, 0.15) is 5.69 Å². The summed E-state index contributed by atoms with van der Waals surface area (Å²) in [7, 11) is -0.731. The van der Waals surface area contributed by atoms with Gasteiger partial charge >= 0.3 is 0 Å². The molecular formula is C19H20N4O3S2. The number of nitrogens with one attached hydrogen (secondary N) is 1. The van der Waals surface area contributed by atoms with E-state index in [2.05, 4.69) is 15.3 Å². The zero-order valence-corrected chi connectivity index (χ0v) is 17.6. The smallest absolute Gasteiger partial charge is 0.257 e. The maximum atomic E-state index is 12.7. The molecule has 28 heavy (non-hydrogen) atoms. The Morgan fingerprint density at radius 1 is 1.14 bits per heavy atom. The lowest BCUT2D eigenvalue weighted by atomic mass is 10.1. The van der Waals surface area contributed by atoms with Crippen LogP contribution < -0.4 is 5.32 Å². The number of nitrogens with zero attached hydrogens (tertiary/aromatic N) is 3. The third-order valence-electron chi connectivity index (χ3n) is 4.29. The molecule has 2 aromatic heterocycles. The molecule has 0 unspecified atom stereocenters. The van der Waals surface area contributed by atoms with Crippen molar-refractivity contribution < 1.29 is 13.2 Å². The van der Waals surface area contributed by atoms with E-state index in [-0.39, 0.29) is 10.5 Å². The average Bonchev–Trinajstić information content (AvgIpc) is 3.12. The van der Waals surface area contributed by atoms with E-state index in [9.17, 15) is 13.2 Å². The van der Waals surface area contributed by atoms with Crippen molar-refractivity contribution in [2.45, 2.75) is 18.7 Å². The van der Waals surface area contributed by atoms with Gasteiger partial charge in [0, 0.05) is 31.2 Å². The van der Waals surface area contributed by atoms with E-state index in [1.54, 1.807) is 31.5 Å². The fraction of sp³-hybridized carbons (Fsp3) is 0.211. The highest BCUT2D eigenvalue weighted by Gasteiger charge is 2.23. The molecule has 0 saturated heterocycles. The second-order valence-electron chi connectivity index (χ2n) is 6.41. The van der Waals surface area contributed by atoms with Crippen LogP contribution in [0.15, 0.2) is 46.8 Å². The van der Waals surface area contributed by atoms with Gasteiger partial charge < -0.3 is 0 Å². The SMILES string of the molecule is Cc1cc(C(=O)Nc2nc(-c3ccccn3)cs2)cc(S(=O)(=O)N(C)C)c1C. The van der Waals surface area contributed by atoms with Crippen molar-refractivity contribution in [1.82, 2.24) is 14.3 Å². The average molecular weight is 417 g/mol. The number of benzene rings is 1. The van der Waals surface area contributed by atoms with Gasteiger partial charge in [0.2, 0.25) is 10.0 Å². The number of hydrogen-bond donors (Lipinski definition) is 1. The van der Waals surface area contributed by atoms with E-state index >= 15 is 0 Å². The van der Waals surface area contributed by atoms with Crippen LogP contribution in [0.5, 0.6) is 0 Å². The van der Waals surface area contributed by atoms with Crippen LogP contribution in [0.4, 0.5) is 5.13 Å². The van der Waals surface area contributed by atoms with Crippen molar-refractivity contribution in [3.8, 4) is 11.4 Å². The van der Waals surface area contributed by atoms with Crippen LogP contribution in [0.25, 0.3) is 11.4 Å². The first kappa shape index (κ1) is 20.1. The number of aromatic nitrogens is 2. The number of aryl methyl sites for hydroxylation is 1. The zero-order valence-electron chi connectivity index (χ0n) is 15.9. The van der Waals surface area contributed by atoms with Gasteiger partial charge in [-0.15, -0.1) is 11.3 Å². The molecule has 0 aliphatic heterocycles. The molecular weight excluding hydrogens is 396 g/mol. The molecule has 0 radical (unpaired) electrons. The largest absolute Gasteiger partial charge is 0.298 e. The van der Waals surface area contributed by atoms with Crippen molar-refractivity contribution in [1.29, 1.82) is 0 Å². The Labute approximate surface area is 168 Å². The highest BCUT2D eigenvalue weighted by molar-refractivity contribution is 7.89. The summed E-state index contributed by atoms with van der Waals surface area (Å²) in [5.74, 6) is -0.416. The molecule has 0 atom stereocenters. The lowest BCUT2D eigenvalue weighted by Crippen LogP contribution is -2.24. The lowest BCUT2D eigenvalue weighted by molar-refractivity contribution is 0.102. The minimum absolute atomic E-state index is 0.121. The molecule has 3 rings (SSSR count). The highest BCUT2D eigenvalue weighted by atomic mass is 32.2. The minimum Gasteiger partial charge on any atom is -0.298 e. The van der Waals surface area contributed by atoms with Crippen LogP contribution in [0.2, 0.25) is 0 Å². The monoisotopic (exact) mass is 416 g/mol. The Hall–Kier alpha value is -2.62. The summed E-state index contributed by atoms with van der Waals surface area (Å²) in [4.78, 5) is 21.4. The number of carbonyl (C=O) groups is 1. The topological polar surface area (TPSA) is 92.3 Å². The summed E-state index contributed by atoms with van der Waals surface area (Å²) < 4.78 is 26.3. The first-order chi connectivity index (χ1) is 13.2. The Morgan fingerprint density at radius 3 is 2.54 bits per heavy atom. The fourth-order valence-corrected chi connectivity index (χ4v) is 4.47. The van der Waals surface area contributed by atoms with Crippen LogP contribution in [0.3, 0.4) is 0 Å². The number of amides is 1. The number of anilines is 1. The fourth-order valence-electron chi connectivity index (χ4n) is 2.56. The van der Waals surface area contributed by atoms with Crippen molar-refractivity contribution >= 4 is 32.4 Å². The van der Waals surface area contributed by atoms with E-state index in [0.29, 0.717) is 22.1 Å². The quantitative estimate of drug-likeness (QED) is 0.689. The summed E-state index contributed by atoms with van der Waals surface area (Å²) in [5, 5.41) is 4.96. The molecule has 0 aliphatic rings. The molecule has 0 aliphatic carbocycles. The number of rotatable bonds is 5. The molecule has 2 heterocycles. The Bertz CT molecular complexity index is 1120. The minimum atomic E-state index is -3.66. The van der Waals surface area contributed by atoms with Gasteiger partial charge in [-0.2, -0.15) is 0 Å². The van der Waals surface area contributed by atoms with Crippen molar-refractivity contribution in [3.05, 3.63) is 58.6 Å². The molecule has 9 heteroatoms. The summed E-state index contributed by atoms with van der Waals surface area (Å²) in [6, 6.07) is 8.59. The third-order valence-corrected chi connectivity index (χ3v) is 6.99. The molecule has 0 spiro atoms. The second kappa shape index (κ2) is 7.78. The van der Waals surface area contributed by atoms with E-state index in [1.807, 2.05) is 18.2 Å². The summed E-state index contributed by atoms with van der Waals surface area (Å²) in [6.45, 7) is 3.51. The van der Waals surface area contributed by atoms with Gasteiger partial charge in [-0.3, -0.25) is 15.1 Å². The first-order valence-corrected chi connectivity index (χ1v) is 10.7. The number of pyridine rings is 1. The summed E-state index contributed by atoms with van der Waals surface area (Å²) >= 11 is 1.28. The highest BCUT2D eigenvalue weighted by Crippen LogP contribution is 2.26. The molecule has 0 saturated carbocycles. The number of carbonyl (C=O) groups excluding carboxylic acids is 1. The van der Waals surface area contributed by atoms with Gasteiger partial charge in [-0.05, 0) is 49.2 Å². The Kier molecular flexibility index (Phi) is 5.59. The van der Waals surface area contributed by atoms with Gasteiger partial charge in [0.05, 0.1) is 10.6 Å².